The van der Waals surface area contributed by atoms with E-state index in [4.69, 9.17) is 0 Å². The number of thioether (sulfide) groups is 1. The minimum absolute atomic E-state index is 0.145. The fraction of sp³-hybridized carbons (Fsp3) is 0.250. The molecule has 150 valence electrons. The molecule has 0 aliphatic carbocycles. The molecular formula is C20H22N6O2S. The second-order valence-corrected chi connectivity index (χ2v) is 7.96. The van der Waals surface area contributed by atoms with E-state index in [1.54, 1.807) is 35.9 Å². The van der Waals surface area contributed by atoms with Crippen molar-refractivity contribution in [2.45, 2.75) is 38.1 Å². The molecule has 29 heavy (non-hydrogen) atoms. The zero-order valence-electron chi connectivity index (χ0n) is 16.6. The van der Waals surface area contributed by atoms with Crippen molar-refractivity contribution in [2.24, 2.45) is 0 Å². The van der Waals surface area contributed by atoms with Gasteiger partial charge in [-0.2, -0.15) is 4.68 Å². The van der Waals surface area contributed by atoms with Crippen LogP contribution in [0.25, 0.3) is 5.69 Å². The highest BCUT2D eigenvalue weighted by atomic mass is 32.2. The van der Waals surface area contributed by atoms with Crippen molar-refractivity contribution in [3.05, 3.63) is 53.6 Å². The van der Waals surface area contributed by atoms with Crippen LogP contribution in [0.5, 0.6) is 0 Å². The van der Waals surface area contributed by atoms with Gasteiger partial charge < -0.3 is 10.6 Å². The number of carbonyl (C=O) groups is 2. The molecule has 9 heteroatoms. The van der Waals surface area contributed by atoms with Crippen LogP contribution in [0.1, 0.15) is 25.0 Å². The average molecular weight is 411 g/mol. The molecule has 1 aromatic heterocycles. The lowest BCUT2D eigenvalue weighted by Crippen LogP contribution is -2.23. The topological polar surface area (TPSA) is 102 Å². The number of benzene rings is 2. The zero-order chi connectivity index (χ0) is 21.0. The Morgan fingerprint density at radius 1 is 1.00 bits per heavy atom. The maximum absolute atomic E-state index is 12.6. The largest absolute Gasteiger partial charge is 0.326 e. The summed E-state index contributed by atoms with van der Waals surface area (Å²) >= 11 is 1.28. The maximum Gasteiger partial charge on any atom is 0.237 e. The van der Waals surface area contributed by atoms with Crippen LogP contribution >= 0.6 is 11.8 Å². The van der Waals surface area contributed by atoms with Crippen LogP contribution in [0.15, 0.2) is 47.6 Å². The number of hydrogen-bond donors (Lipinski definition) is 2. The van der Waals surface area contributed by atoms with E-state index in [0.29, 0.717) is 16.5 Å². The molecule has 2 amide bonds. The Balaban J connectivity index is 1.67. The molecule has 0 aliphatic rings. The monoisotopic (exact) mass is 410 g/mol. The molecule has 3 rings (SSSR count). The number of anilines is 2. The molecule has 0 radical (unpaired) electrons. The summed E-state index contributed by atoms with van der Waals surface area (Å²) in [7, 11) is 0. The predicted octanol–water partition coefficient (Wildman–Crippen LogP) is 3.36. The average Bonchev–Trinajstić information content (AvgIpc) is 3.13. The Morgan fingerprint density at radius 2 is 1.66 bits per heavy atom. The van der Waals surface area contributed by atoms with Crippen LogP contribution < -0.4 is 10.6 Å². The van der Waals surface area contributed by atoms with Gasteiger partial charge in [0, 0.05) is 18.3 Å². The molecule has 0 spiro atoms. The van der Waals surface area contributed by atoms with Crippen LogP contribution in [-0.4, -0.2) is 37.3 Å². The molecule has 1 heterocycles. The molecule has 0 saturated heterocycles. The van der Waals surface area contributed by atoms with Crippen LogP contribution in [0.2, 0.25) is 0 Å². The number of carbonyl (C=O) groups excluding carboxylic acids is 2. The Bertz CT molecular complexity index is 1030. The minimum atomic E-state index is -0.415. The van der Waals surface area contributed by atoms with Gasteiger partial charge in [-0.05, 0) is 78.7 Å². The highest BCUT2D eigenvalue weighted by molar-refractivity contribution is 8.00. The van der Waals surface area contributed by atoms with E-state index in [9.17, 15) is 9.59 Å². The molecule has 0 aliphatic heterocycles. The molecule has 0 saturated carbocycles. The van der Waals surface area contributed by atoms with Gasteiger partial charge in [0.1, 0.15) is 0 Å². The first kappa shape index (κ1) is 20.5. The van der Waals surface area contributed by atoms with Gasteiger partial charge in [-0.25, -0.2) is 0 Å². The number of aryl methyl sites for hydroxylation is 2. The van der Waals surface area contributed by atoms with Crippen molar-refractivity contribution in [1.82, 2.24) is 20.2 Å². The fourth-order valence-electron chi connectivity index (χ4n) is 2.57. The van der Waals surface area contributed by atoms with Crippen molar-refractivity contribution in [2.75, 3.05) is 10.6 Å². The van der Waals surface area contributed by atoms with Gasteiger partial charge in [-0.15, -0.1) is 5.10 Å². The highest BCUT2D eigenvalue weighted by Crippen LogP contribution is 2.25. The van der Waals surface area contributed by atoms with Gasteiger partial charge in [0.2, 0.25) is 17.0 Å². The molecule has 0 unspecified atom stereocenters. The summed E-state index contributed by atoms with van der Waals surface area (Å²) in [4.78, 5) is 23.6. The third-order valence-electron chi connectivity index (χ3n) is 4.30. The van der Waals surface area contributed by atoms with E-state index >= 15 is 0 Å². The van der Waals surface area contributed by atoms with E-state index in [1.165, 1.54) is 24.2 Å². The van der Waals surface area contributed by atoms with E-state index in [-0.39, 0.29) is 11.8 Å². The summed E-state index contributed by atoms with van der Waals surface area (Å²) < 4.78 is 1.63. The maximum atomic E-state index is 12.6. The Hall–Kier alpha value is -3.20. The number of hydrogen-bond acceptors (Lipinski definition) is 6. The summed E-state index contributed by atoms with van der Waals surface area (Å²) in [5.41, 5.74) is 4.49. The van der Waals surface area contributed by atoms with E-state index < -0.39 is 5.25 Å². The normalized spacial score (nSPS) is 11.7. The standard InChI is InChI=1S/C20H22N6O2S/c1-12-5-10-18(11-13(12)2)26-20(23-24-25-26)29-14(3)19(28)22-17-8-6-16(7-9-17)21-15(4)27/h5-11,14H,1-4H3,(H,21,27)(H,22,28)/t14-/m1/s1. The summed E-state index contributed by atoms with van der Waals surface area (Å²) in [6.07, 6.45) is 0. The van der Waals surface area contributed by atoms with Crippen LogP contribution in [-0.2, 0) is 9.59 Å². The fourth-order valence-corrected chi connectivity index (χ4v) is 3.38. The van der Waals surface area contributed by atoms with Crippen molar-refractivity contribution in [1.29, 1.82) is 0 Å². The summed E-state index contributed by atoms with van der Waals surface area (Å²) in [5.74, 6) is -0.315. The number of nitrogens with one attached hydrogen (secondary N) is 2. The highest BCUT2D eigenvalue weighted by Gasteiger charge is 2.19. The number of aromatic nitrogens is 4. The van der Waals surface area contributed by atoms with E-state index in [2.05, 4.69) is 26.2 Å². The second-order valence-electron chi connectivity index (χ2n) is 6.65. The first-order valence-electron chi connectivity index (χ1n) is 9.04. The van der Waals surface area contributed by atoms with Gasteiger partial charge in [-0.3, -0.25) is 9.59 Å². The third-order valence-corrected chi connectivity index (χ3v) is 5.33. The van der Waals surface area contributed by atoms with Crippen LogP contribution in [0.3, 0.4) is 0 Å². The molecule has 2 N–H and O–H groups in total. The minimum Gasteiger partial charge on any atom is -0.326 e. The van der Waals surface area contributed by atoms with Crippen LogP contribution in [0, 0.1) is 13.8 Å². The Morgan fingerprint density at radius 3 is 2.28 bits per heavy atom. The number of amides is 2. The van der Waals surface area contributed by atoms with E-state index in [0.717, 1.165) is 11.3 Å². The summed E-state index contributed by atoms with van der Waals surface area (Å²) in [5, 5.41) is 17.5. The SMILES string of the molecule is CC(=O)Nc1ccc(NC(=O)[C@@H](C)Sc2nnnn2-c2ccc(C)c(C)c2)cc1. The van der Waals surface area contributed by atoms with Crippen LogP contribution in [0.4, 0.5) is 11.4 Å². The smallest absolute Gasteiger partial charge is 0.237 e. The number of rotatable bonds is 6. The van der Waals surface area contributed by atoms with Crippen molar-refractivity contribution in [3.8, 4) is 5.69 Å². The van der Waals surface area contributed by atoms with Crippen molar-refractivity contribution < 1.29 is 9.59 Å². The van der Waals surface area contributed by atoms with Crippen molar-refractivity contribution in [3.63, 3.8) is 0 Å². The predicted molar refractivity (Wildman–Crippen MR) is 113 cm³/mol. The third kappa shape index (κ3) is 5.20. The summed E-state index contributed by atoms with van der Waals surface area (Å²) in [6.45, 7) is 7.32. The molecule has 1 atom stereocenters. The molecule has 0 bridgehead atoms. The number of tetrazole rings is 1. The molecular weight excluding hydrogens is 388 g/mol. The van der Waals surface area contributed by atoms with Gasteiger partial charge >= 0.3 is 0 Å². The zero-order valence-corrected chi connectivity index (χ0v) is 17.4. The molecule has 3 aromatic rings. The van der Waals surface area contributed by atoms with Gasteiger partial charge in [0.25, 0.3) is 0 Å². The van der Waals surface area contributed by atoms with Crippen molar-refractivity contribution >= 4 is 35.0 Å². The lowest BCUT2D eigenvalue weighted by Gasteiger charge is -2.12. The first-order valence-corrected chi connectivity index (χ1v) is 9.92. The molecule has 8 nitrogen and oxygen atoms in total. The van der Waals surface area contributed by atoms with Gasteiger partial charge in [-0.1, -0.05) is 17.8 Å². The quantitative estimate of drug-likeness (QED) is 0.604. The van der Waals surface area contributed by atoms with Gasteiger partial charge in [0.05, 0.1) is 10.9 Å². The Labute approximate surface area is 173 Å². The lowest BCUT2D eigenvalue weighted by atomic mass is 10.1. The summed E-state index contributed by atoms with van der Waals surface area (Å²) in [6, 6.07) is 12.9. The molecule has 2 aromatic carbocycles. The second kappa shape index (κ2) is 8.87. The Kier molecular flexibility index (Phi) is 6.28. The lowest BCUT2D eigenvalue weighted by molar-refractivity contribution is -0.115. The van der Waals surface area contributed by atoms with Gasteiger partial charge in [0.15, 0.2) is 0 Å². The molecule has 0 fully saturated rings. The first-order chi connectivity index (χ1) is 13.8. The van der Waals surface area contributed by atoms with E-state index in [1.807, 2.05) is 32.0 Å². The number of nitrogens with zero attached hydrogens (tertiary/aromatic N) is 4.